The molecule has 21 heavy (non-hydrogen) atoms. The lowest BCUT2D eigenvalue weighted by atomic mass is 9.99. The maximum atomic E-state index is 5.99. The van der Waals surface area contributed by atoms with Crippen LogP contribution in [0.4, 0.5) is 0 Å². The van der Waals surface area contributed by atoms with Crippen molar-refractivity contribution in [3.8, 4) is 0 Å². The third-order valence-corrected chi connectivity index (χ3v) is 4.39. The molecular formula is C18H21BrClN. The van der Waals surface area contributed by atoms with Gasteiger partial charge in [0, 0.05) is 21.6 Å². The van der Waals surface area contributed by atoms with E-state index in [0.717, 1.165) is 22.3 Å². The summed E-state index contributed by atoms with van der Waals surface area (Å²) in [5.74, 6) is 0. The summed E-state index contributed by atoms with van der Waals surface area (Å²) in [5.41, 5.74) is 2.59. The van der Waals surface area contributed by atoms with Crippen molar-refractivity contribution in [1.29, 1.82) is 0 Å². The SMILES string of the molecule is CCCC(N[C@H](C)c1cccc(Br)c1)c1ccc(Cl)cc1. The molecule has 0 amide bonds. The van der Waals surface area contributed by atoms with Crippen LogP contribution < -0.4 is 5.32 Å². The molecule has 0 radical (unpaired) electrons. The average molecular weight is 367 g/mol. The van der Waals surface area contributed by atoms with E-state index in [1.807, 2.05) is 12.1 Å². The van der Waals surface area contributed by atoms with Crippen LogP contribution in [-0.2, 0) is 0 Å². The minimum Gasteiger partial charge on any atom is -0.303 e. The fraction of sp³-hybridized carbons (Fsp3) is 0.333. The first-order valence-corrected chi connectivity index (χ1v) is 8.54. The van der Waals surface area contributed by atoms with E-state index in [1.54, 1.807) is 0 Å². The van der Waals surface area contributed by atoms with Crippen molar-refractivity contribution in [3.63, 3.8) is 0 Å². The monoisotopic (exact) mass is 365 g/mol. The van der Waals surface area contributed by atoms with Crippen molar-refractivity contribution in [2.45, 2.75) is 38.8 Å². The number of hydrogen-bond acceptors (Lipinski definition) is 1. The first-order chi connectivity index (χ1) is 10.1. The summed E-state index contributed by atoms with van der Waals surface area (Å²) in [6.07, 6.45) is 2.26. The van der Waals surface area contributed by atoms with Crippen LogP contribution >= 0.6 is 27.5 Å². The smallest absolute Gasteiger partial charge is 0.0406 e. The molecule has 2 aromatic carbocycles. The summed E-state index contributed by atoms with van der Waals surface area (Å²) in [4.78, 5) is 0. The zero-order chi connectivity index (χ0) is 15.2. The lowest BCUT2D eigenvalue weighted by Gasteiger charge is -2.24. The predicted octanol–water partition coefficient (Wildman–Crippen LogP) is 6.29. The molecular weight excluding hydrogens is 346 g/mol. The summed E-state index contributed by atoms with van der Waals surface area (Å²) in [7, 11) is 0. The number of hydrogen-bond donors (Lipinski definition) is 1. The Kier molecular flexibility index (Phi) is 6.28. The molecule has 0 saturated carbocycles. The maximum absolute atomic E-state index is 5.99. The molecule has 0 aromatic heterocycles. The van der Waals surface area contributed by atoms with E-state index in [0.29, 0.717) is 12.1 Å². The summed E-state index contributed by atoms with van der Waals surface area (Å²) in [5, 5.41) is 4.52. The van der Waals surface area contributed by atoms with Crippen LogP contribution in [0.3, 0.4) is 0 Å². The van der Waals surface area contributed by atoms with Crippen LogP contribution in [-0.4, -0.2) is 0 Å². The van der Waals surface area contributed by atoms with Crippen molar-refractivity contribution < 1.29 is 0 Å². The van der Waals surface area contributed by atoms with Crippen LogP contribution in [0.5, 0.6) is 0 Å². The van der Waals surface area contributed by atoms with Gasteiger partial charge in [-0.1, -0.05) is 65.1 Å². The van der Waals surface area contributed by atoms with Crippen molar-refractivity contribution >= 4 is 27.5 Å². The fourth-order valence-electron chi connectivity index (χ4n) is 2.50. The highest BCUT2D eigenvalue weighted by Gasteiger charge is 2.14. The topological polar surface area (TPSA) is 12.0 Å². The Labute approximate surface area is 140 Å². The molecule has 0 bridgehead atoms. The third kappa shape index (κ3) is 4.84. The van der Waals surface area contributed by atoms with Gasteiger partial charge in [0.1, 0.15) is 0 Å². The Hall–Kier alpha value is -0.830. The van der Waals surface area contributed by atoms with E-state index < -0.39 is 0 Å². The van der Waals surface area contributed by atoms with E-state index in [-0.39, 0.29) is 0 Å². The summed E-state index contributed by atoms with van der Waals surface area (Å²) >= 11 is 9.52. The van der Waals surface area contributed by atoms with Gasteiger partial charge in [0.2, 0.25) is 0 Å². The lowest BCUT2D eigenvalue weighted by molar-refractivity contribution is 0.439. The van der Waals surface area contributed by atoms with Gasteiger partial charge in [0.05, 0.1) is 0 Å². The van der Waals surface area contributed by atoms with Gasteiger partial charge in [-0.25, -0.2) is 0 Å². The molecule has 0 aliphatic carbocycles. The third-order valence-electron chi connectivity index (χ3n) is 3.65. The molecule has 2 atom stereocenters. The van der Waals surface area contributed by atoms with E-state index in [9.17, 15) is 0 Å². The van der Waals surface area contributed by atoms with Gasteiger partial charge in [-0.3, -0.25) is 0 Å². The van der Waals surface area contributed by atoms with Gasteiger partial charge in [-0.2, -0.15) is 0 Å². The molecule has 2 rings (SSSR count). The molecule has 0 aliphatic rings. The zero-order valence-corrected chi connectivity index (χ0v) is 14.8. The standard InChI is InChI=1S/C18H21BrClN/c1-3-5-18(14-8-10-17(20)11-9-14)21-13(2)15-6-4-7-16(19)12-15/h4,6-13,18,21H,3,5H2,1-2H3/t13-,18?/m1/s1. The Morgan fingerprint density at radius 1 is 1.10 bits per heavy atom. The van der Waals surface area contributed by atoms with Gasteiger partial charge in [-0.05, 0) is 48.7 Å². The van der Waals surface area contributed by atoms with E-state index in [1.165, 1.54) is 11.1 Å². The Bertz CT molecular complexity index is 568. The van der Waals surface area contributed by atoms with Gasteiger partial charge in [0.15, 0.2) is 0 Å². The van der Waals surface area contributed by atoms with Crippen LogP contribution in [0.15, 0.2) is 53.0 Å². The highest BCUT2D eigenvalue weighted by atomic mass is 79.9. The van der Waals surface area contributed by atoms with Crippen molar-refractivity contribution in [2.24, 2.45) is 0 Å². The normalized spacial score (nSPS) is 13.9. The van der Waals surface area contributed by atoms with Crippen LogP contribution in [0.2, 0.25) is 5.02 Å². The summed E-state index contributed by atoms with van der Waals surface area (Å²) in [6, 6.07) is 17.3. The molecule has 1 unspecified atom stereocenters. The van der Waals surface area contributed by atoms with Gasteiger partial charge in [0.25, 0.3) is 0 Å². The van der Waals surface area contributed by atoms with Gasteiger partial charge < -0.3 is 5.32 Å². The van der Waals surface area contributed by atoms with E-state index in [2.05, 4.69) is 71.5 Å². The zero-order valence-electron chi connectivity index (χ0n) is 12.4. The number of halogens is 2. The summed E-state index contributed by atoms with van der Waals surface area (Å²) < 4.78 is 1.12. The molecule has 0 spiro atoms. The first kappa shape index (κ1) is 16.5. The molecule has 0 heterocycles. The second kappa shape index (κ2) is 7.98. The van der Waals surface area contributed by atoms with Crippen LogP contribution in [0.25, 0.3) is 0 Å². The molecule has 112 valence electrons. The average Bonchev–Trinajstić information content (AvgIpc) is 2.47. The van der Waals surface area contributed by atoms with Crippen molar-refractivity contribution in [1.82, 2.24) is 5.32 Å². The minimum atomic E-state index is 0.301. The quantitative estimate of drug-likeness (QED) is 0.633. The molecule has 0 saturated heterocycles. The van der Waals surface area contributed by atoms with E-state index >= 15 is 0 Å². The fourth-order valence-corrected chi connectivity index (χ4v) is 3.05. The number of rotatable bonds is 6. The Morgan fingerprint density at radius 3 is 2.43 bits per heavy atom. The van der Waals surface area contributed by atoms with Crippen LogP contribution in [0, 0.1) is 0 Å². The van der Waals surface area contributed by atoms with E-state index in [4.69, 9.17) is 11.6 Å². The highest BCUT2D eigenvalue weighted by Crippen LogP contribution is 2.25. The second-order valence-corrected chi connectivity index (χ2v) is 6.69. The van der Waals surface area contributed by atoms with Crippen LogP contribution in [0.1, 0.15) is 49.9 Å². The second-order valence-electron chi connectivity index (χ2n) is 5.34. The molecule has 0 fully saturated rings. The molecule has 1 nitrogen and oxygen atoms in total. The van der Waals surface area contributed by atoms with Crippen molar-refractivity contribution in [2.75, 3.05) is 0 Å². The van der Waals surface area contributed by atoms with Crippen molar-refractivity contribution in [3.05, 3.63) is 69.2 Å². The molecule has 3 heteroatoms. The molecule has 1 N–H and O–H groups in total. The molecule has 2 aromatic rings. The highest BCUT2D eigenvalue weighted by molar-refractivity contribution is 9.10. The number of benzene rings is 2. The molecule has 0 aliphatic heterocycles. The van der Waals surface area contributed by atoms with Gasteiger partial charge in [-0.15, -0.1) is 0 Å². The summed E-state index contributed by atoms with van der Waals surface area (Å²) in [6.45, 7) is 4.43. The maximum Gasteiger partial charge on any atom is 0.0406 e. The Balaban J connectivity index is 2.14. The minimum absolute atomic E-state index is 0.301. The lowest BCUT2D eigenvalue weighted by Crippen LogP contribution is -2.24. The number of nitrogens with one attached hydrogen (secondary N) is 1. The predicted molar refractivity (Wildman–Crippen MR) is 94.8 cm³/mol. The Morgan fingerprint density at radius 2 is 1.81 bits per heavy atom. The van der Waals surface area contributed by atoms with Gasteiger partial charge >= 0.3 is 0 Å². The first-order valence-electron chi connectivity index (χ1n) is 7.37. The largest absolute Gasteiger partial charge is 0.303 e.